The van der Waals surface area contributed by atoms with Crippen molar-refractivity contribution in [2.45, 2.75) is 32.0 Å². The van der Waals surface area contributed by atoms with Crippen molar-refractivity contribution in [3.05, 3.63) is 59.0 Å². The Morgan fingerprint density at radius 1 is 1.33 bits per heavy atom. The second kappa shape index (κ2) is 9.88. The van der Waals surface area contributed by atoms with Crippen LogP contribution in [0, 0.1) is 17.1 Å². The number of carbonyl (C=O) groups excluding carboxylic acids is 2. The third-order valence-electron chi connectivity index (χ3n) is 5.33. The number of hydrogen-bond acceptors (Lipinski definition) is 5. The van der Waals surface area contributed by atoms with E-state index in [1.165, 1.54) is 11.0 Å². The number of ether oxygens (including phenoxy) is 1. The van der Waals surface area contributed by atoms with Crippen LogP contribution < -0.4 is 10.1 Å². The van der Waals surface area contributed by atoms with E-state index >= 15 is 0 Å². The van der Waals surface area contributed by atoms with Crippen molar-refractivity contribution < 1.29 is 18.7 Å². The number of rotatable bonds is 9. The number of aromatic nitrogens is 2. The molecule has 1 aliphatic carbocycles. The van der Waals surface area contributed by atoms with Crippen LogP contribution in [0.5, 0.6) is 5.75 Å². The zero-order valence-corrected chi connectivity index (χ0v) is 18.4. The van der Waals surface area contributed by atoms with Gasteiger partial charge < -0.3 is 15.0 Å². The van der Waals surface area contributed by atoms with Gasteiger partial charge in [0, 0.05) is 29.6 Å². The van der Waals surface area contributed by atoms with Gasteiger partial charge in [0.05, 0.1) is 23.3 Å². The Labute approximate surface area is 194 Å². The molecular weight excluding hydrogens is 449 g/mol. The molecule has 0 unspecified atom stereocenters. The molecule has 1 saturated carbocycles. The van der Waals surface area contributed by atoms with E-state index in [1.807, 2.05) is 6.07 Å². The molecule has 2 amide bonds. The highest BCUT2D eigenvalue weighted by Crippen LogP contribution is 2.27. The zero-order valence-electron chi connectivity index (χ0n) is 17.6. The van der Waals surface area contributed by atoms with Gasteiger partial charge in [-0.25, -0.2) is 4.39 Å². The third-order valence-corrected chi connectivity index (χ3v) is 5.63. The molecule has 4 rings (SSSR count). The van der Waals surface area contributed by atoms with Gasteiger partial charge in [-0.15, -0.1) is 0 Å². The fraction of sp³-hybridized carbons (Fsp3) is 0.304. The van der Waals surface area contributed by atoms with Crippen LogP contribution in [0.25, 0.3) is 10.9 Å². The zero-order chi connectivity index (χ0) is 23.4. The molecule has 1 aromatic heterocycles. The number of carbonyl (C=O) groups is 2. The summed E-state index contributed by atoms with van der Waals surface area (Å²) in [5, 5.41) is 16.4. The molecule has 0 spiro atoms. The van der Waals surface area contributed by atoms with Crippen LogP contribution in [0.3, 0.4) is 0 Å². The summed E-state index contributed by atoms with van der Waals surface area (Å²) in [4.78, 5) is 27.1. The van der Waals surface area contributed by atoms with Crippen molar-refractivity contribution in [1.82, 2.24) is 20.0 Å². The lowest BCUT2D eigenvalue weighted by Gasteiger charge is -2.22. The van der Waals surface area contributed by atoms with Gasteiger partial charge >= 0.3 is 0 Å². The second-order valence-corrected chi connectivity index (χ2v) is 8.12. The van der Waals surface area contributed by atoms with E-state index in [1.54, 1.807) is 41.2 Å². The van der Waals surface area contributed by atoms with Crippen molar-refractivity contribution in [1.29, 1.82) is 5.26 Å². The van der Waals surface area contributed by atoms with Gasteiger partial charge in [0.15, 0.2) is 6.61 Å². The SMILES string of the molecule is N#CCOc1ccc2cnn(CC(=O)N(CC(=O)NCc3cccc(Cl)c3F)C3CC3)c2c1. The Morgan fingerprint density at radius 2 is 2.15 bits per heavy atom. The Morgan fingerprint density at radius 3 is 2.91 bits per heavy atom. The summed E-state index contributed by atoms with van der Waals surface area (Å²) in [6.45, 7) is -0.269. The normalized spacial score (nSPS) is 12.9. The Hall–Kier alpha value is -3.64. The molecule has 3 aromatic rings. The summed E-state index contributed by atoms with van der Waals surface area (Å²) in [5.74, 6) is -0.690. The number of nitrogens with one attached hydrogen (secondary N) is 1. The predicted molar refractivity (Wildman–Crippen MR) is 119 cm³/mol. The van der Waals surface area contributed by atoms with Gasteiger partial charge in [0.2, 0.25) is 11.8 Å². The first-order chi connectivity index (χ1) is 16.0. The minimum Gasteiger partial charge on any atom is -0.479 e. The van der Waals surface area contributed by atoms with Crippen molar-refractivity contribution in [2.75, 3.05) is 13.2 Å². The molecule has 170 valence electrons. The number of fused-ring (bicyclic) bond motifs is 1. The number of hydrogen-bond donors (Lipinski definition) is 1. The molecule has 0 radical (unpaired) electrons. The van der Waals surface area contributed by atoms with Gasteiger partial charge in [0.1, 0.15) is 24.2 Å². The number of nitrogens with zero attached hydrogens (tertiary/aromatic N) is 4. The van der Waals surface area contributed by atoms with E-state index in [0.29, 0.717) is 11.3 Å². The van der Waals surface area contributed by atoms with Crippen LogP contribution in [-0.4, -0.2) is 45.7 Å². The van der Waals surface area contributed by atoms with E-state index in [9.17, 15) is 14.0 Å². The highest BCUT2D eigenvalue weighted by atomic mass is 35.5. The lowest BCUT2D eigenvalue weighted by Crippen LogP contribution is -2.43. The topological polar surface area (TPSA) is 100 Å². The highest BCUT2D eigenvalue weighted by molar-refractivity contribution is 6.30. The molecule has 0 saturated heterocycles. The molecule has 2 aromatic carbocycles. The molecule has 33 heavy (non-hydrogen) atoms. The highest BCUT2D eigenvalue weighted by Gasteiger charge is 2.34. The molecule has 1 fully saturated rings. The number of nitriles is 1. The van der Waals surface area contributed by atoms with Gasteiger partial charge in [-0.1, -0.05) is 23.7 Å². The lowest BCUT2D eigenvalue weighted by atomic mass is 10.2. The van der Waals surface area contributed by atoms with Crippen LogP contribution in [0.1, 0.15) is 18.4 Å². The predicted octanol–water partition coefficient (Wildman–Crippen LogP) is 3.04. The van der Waals surface area contributed by atoms with Crippen LogP contribution in [0.15, 0.2) is 42.6 Å². The molecular formula is C23H21ClFN5O3. The Balaban J connectivity index is 1.41. The van der Waals surface area contributed by atoms with E-state index in [4.69, 9.17) is 21.6 Å². The van der Waals surface area contributed by atoms with Crippen LogP contribution in [0.4, 0.5) is 4.39 Å². The van der Waals surface area contributed by atoms with Crippen molar-refractivity contribution in [3.8, 4) is 11.8 Å². The standard InChI is InChI=1S/C23H21ClFN5O3/c24-19-3-1-2-16(23(19)25)11-27-21(31)13-29(17-5-6-17)22(32)14-30-20-10-18(33-9-8-26)7-4-15(20)12-28-30/h1-4,7,10,12,17H,5-6,9,11,13-14H2,(H,27,31). The molecule has 1 heterocycles. The summed E-state index contributed by atoms with van der Waals surface area (Å²) in [7, 11) is 0. The summed E-state index contributed by atoms with van der Waals surface area (Å²) in [6, 6.07) is 11.8. The van der Waals surface area contributed by atoms with E-state index < -0.39 is 5.82 Å². The van der Waals surface area contributed by atoms with E-state index in [2.05, 4.69) is 10.4 Å². The minimum atomic E-state index is -0.571. The summed E-state index contributed by atoms with van der Waals surface area (Å²) in [6.07, 6.45) is 3.30. The van der Waals surface area contributed by atoms with Crippen LogP contribution in [0.2, 0.25) is 5.02 Å². The first-order valence-corrected chi connectivity index (χ1v) is 10.8. The van der Waals surface area contributed by atoms with Gasteiger partial charge in [-0.2, -0.15) is 10.4 Å². The van der Waals surface area contributed by atoms with Gasteiger partial charge in [0.25, 0.3) is 0 Å². The average Bonchev–Trinajstić information content (AvgIpc) is 3.58. The molecule has 0 atom stereocenters. The maximum atomic E-state index is 14.0. The second-order valence-electron chi connectivity index (χ2n) is 7.71. The fourth-order valence-electron chi connectivity index (χ4n) is 3.50. The quantitative estimate of drug-likeness (QED) is 0.519. The van der Waals surface area contributed by atoms with Crippen LogP contribution in [-0.2, 0) is 22.7 Å². The minimum absolute atomic E-state index is 0.00232. The van der Waals surface area contributed by atoms with Gasteiger partial charge in [-0.05, 0) is 31.0 Å². The number of halogens is 2. The number of benzene rings is 2. The molecule has 1 N–H and O–H groups in total. The van der Waals surface area contributed by atoms with Crippen LogP contribution >= 0.6 is 11.6 Å². The summed E-state index contributed by atoms with van der Waals surface area (Å²) in [5.41, 5.74) is 0.966. The first kappa shape index (κ1) is 22.6. The largest absolute Gasteiger partial charge is 0.479 e. The molecule has 0 bridgehead atoms. The van der Waals surface area contributed by atoms with E-state index in [0.717, 1.165) is 18.2 Å². The number of amides is 2. The van der Waals surface area contributed by atoms with Crippen molar-refractivity contribution in [2.24, 2.45) is 0 Å². The van der Waals surface area contributed by atoms with Gasteiger partial charge in [-0.3, -0.25) is 14.3 Å². The summed E-state index contributed by atoms with van der Waals surface area (Å²) >= 11 is 5.78. The maximum absolute atomic E-state index is 14.0. The average molecular weight is 470 g/mol. The van der Waals surface area contributed by atoms with Crippen molar-refractivity contribution >= 4 is 34.3 Å². The molecule has 0 aliphatic heterocycles. The maximum Gasteiger partial charge on any atom is 0.245 e. The smallest absolute Gasteiger partial charge is 0.245 e. The Bertz CT molecular complexity index is 1230. The molecule has 8 nitrogen and oxygen atoms in total. The summed E-state index contributed by atoms with van der Waals surface area (Å²) < 4.78 is 20.9. The Kier molecular flexibility index (Phi) is 6.75. The lowest BCUT2D eigenvalue weighted by molar-refractivity contribution is -0.137. The third kappa shape index (κ3) is 5.41. The fourth-order valence-corrected chi connectivity index (χ4v) is 3.69. The molecule has 1 aliphatic rings. The first-order valence-electron chi connectivity index (χ1n) is 10.4. The van der Waals surface area contributed by atoms with E-state index in [-0.39, 0.29) is 54.7 Å². The monoisotopic (exact) mass is 469 g/mol. The van der Waals surface area contributed by atoms with Crippen molar-refractivity contribution in [3.63, 3.8) is 0 Å². The molecule has 10 heteroatoms.